The monoisotopic (exact) mass is 500 g/mol. The van der Waals surface area contributed by atoms with Crippen LogP contribution in [0.25, 0.3) is 0 Å². The molecular formula is C26H32N2O6S. The van der Waals surface area contributed by atoms with Crippen LogP contribution >= 0.6 is 11.3 Å². The third-order valence-corrected chi connectivity index (χ3v) is 7.04. The molecule has 8 nitrogen and oxygen atoms in total. The molecule has 1 aromatic heterocycles. The molecule has 0 spiro atoms. The minimum absolute atomic E-state index is 0.0174. The van der Waals surface area contributed by atoms with Crippen LogP contribution in [-0.4, -0.2) is 60.7 Å². The smallest absolute Gasteiger partial charge is 0.319 e. The summed E-state index contributed by atoms with van der Waals surface area (Å²) in [7, 11) is 2.57. The molecule has 0 bridgehead atoms. The molecule has 0 radical (unpaired) electrons. The number of methoxy groups -OCH3 is 2. The van der Waals surface area contributed by atoms with Gasteiger partial charge in [0.2, 0.25) is 0 Å². The van der Waals surface area contributed by atoms with Gasteiger partial charge >= 0.3 is 11.9 Å². The number of ether oxygens (including phenoxy) is 2. The van der Waals surface area contributed by atoms with E-state index in [1.807, 2.05) is 30.5 Å². The number of carbonyl (C=O) groups is 4. The summed E-state index contributed by atoms with van der Waals surface area (Å²) in [4.78, 5) is 55.4. The standard InChI is InChI=1S/C26H32N2O6S/c1-17-8-9-19(22(10-17)26(32)18-6-4-5-7-18)11-21(29)12-23-27-20(16-35-23)13-28(14-24(30)33-2)15-25(31)34-3/h8-10,16,18H,4-7,11-15H2,1-3H3. The van der Waals surface area contributed by atoms with Crippen LogP contribution in [0.15, 0.2) is 23.6 Å². The van der Waals surface area contributed by atoms with Gasteiger partial charge in [0.15, 0.2) is 5.78 Å². The molecule has 35 heavy (non-hydrogen) atoms. The highest BCUT2D eigenvalue weighted by Crippen LogP contribution is 2.29. The van der Waals surface area contributed by atoms with Gasteiger partial charge in [-0.05, 0) is 31.4 Å². The maximum atomic E-state index is 13.1. The highest BCUT2D eigenvalue weighted by atomic mass is 32.1. The van der Waals surface area contributed by atoms with Gasteiger partial charge in [0.05, 0.1) is 39.4 Å². The van der Waals surface area contributed by atoms with Gasteiger partial charge in [-0.3, -0.25) is 24.1 Å². The molecule has 0 atom stereocenters. The molecule has 0 aliphatic heterocycles. The molecule has 0 amide bonds. The fourth-order valence-electron chi connectivity index (χ4n) is 4.32. The molecule has 0 saturated heterocycles. The van der Waals surface area contributed by atoms with Gasteiger partial charge in [-0.25, -0.2) is 4.98 Å². The molecule has 2 aromatic rings. The fourth-order valence-corrected chi connectivity index (χ4v) is 5.13. The molecule has 9 heteroatoms. The SMILES string of the molecule is COC(=O)CN(CC(=O)OC)Cc1csc(CC(=O)Cc2ccc(C)cc2C(=O)C2CCCC2)n1. The number of carbonyl (C=O) groups excluding carboxylic acids is 4. The second-order valence-corrected chi connectivity index (χ2v) is 9.87. The number of aromatic nitrogens is 1. The minimum Gasteiger partial charge on any atom is -0.468 e. The normalized spacial score (nSPS) is 13.7. The number of nitrogens with zero attached hydrogens (tertiary/aromatic N) is 2. The molecule has 1 aromatic carbocycles. The maximum absolute atomic E-state index is 13.1. The molecule has 0 unspecified atom stereocenters. The van der Waals surface area contributed by atoms with Crippen molar-refractivity contribution in [1.82, 2.24) is 9.88 Å². The van der Waals surface area contributed by atoms with Crippen LogP contribution in [0.3, 0.4) is 0 Å². The van der Waals surface area contributed by atoms with Gasteiger partial charge < -0.3 is 9.47 Å². The minimum atomic E-state index is -0.472. The van der Waals surface area contributed by atoms with Crippen molar-refractivity contribution in [3.05, 3.63) is 51.0 Å². The first-order valence-corrected chi connectivity index (χ1v) is 12.6. The second kappa shape index (κ2) is 12.7. The molecule has 1 saturated carbocycles. The average Bonchev–Trinajstić information content (AvgIpc) is 3.52. The number of hydrogen-bond donors (Lipinski definition) is 0. The van der Waals surface area contributed by atoms with Crippen molar-refractivity contribution in [2.24, 2.45) is 5.92 Å². The lowest BCUT2D eigenvalue weighted by atomic mass is 9.90. The Morgan fingerprint density at radius 1 is 1.03 bits per heavy atom. The van der Waals surface area contributed by atoms with Crippen LogP contribution < -0.4 is 0 Å². The Bertz CT molecular complexity index is 1060. The first-order chi connectivity index (χ1) is 16.8. The quantitative estimate of drug-likeness (QED) is 0.323. The Morgan fingerprint density at radius 3 is 2.31 bits per heavy atom. The van der Waals surface area contributed by atoms with Crippen LogP contribution in [0.2, 0.25) is 0 Å². The molecule has 1 aliphatic rings. The van der Waals surface area contributed by atoms with Gasteiger partial charge in [0.1, 0.15) is 10.8 Å². The number of esters is 2. The summed E-state index contributed by atoms with van der Waals surface area (Å²) in [6.45, 7) is 2.04. The summed E-state index contributed by atoms with van der Waals surface area (Å²) in [5, 5.41) is 2.46. The van der Waals surface area contributed by atoms with E-state index in [-0.39, 0.29) is 50.0 Å². The molecular weight excluding hydrogens is 468 g/mol. The number of benzene rings is 1. The van der Waals surface area contributed by atoms with Crippen molar-refractivity contribution in [2.45, 2.75) is 52.0 Å². The predicted octanol–water partition coefficient (Wildman–Crippen LogP) is 3.33. The third-order valence-electron chi connectivity index (χ3n) is 6.14. The summed E-state index contributed by atoms with van der Waals surface area (Å²) >= 11 is 1.36. The average molecular weight is 501 g/mol. The van der Waals surface area contributed by atoms with E-state index in [0.717, 1.165) is 36.8 Å². The maximum Gasteiger partial charge on any atom is 0.319 e. The number of aryl methyl sites for hydroxylation is 1. The molecule has 1 fully saturated rings. The van der Waals surface area contributed by atoms with Crippen molar-refractivity contribution < 1.29 is 28.7 Å². The van der Waals surface area contributed by atoms with Crippen molar-refractivity contribution >= 4 is 34.8 Å². The Hall–Kier alpha value is -2.91. The Morgan fingerprint density at radius 2 is 1.69 bits per heavy atom. The van der Waals surface area contributed by atoms with Crippen molar-refractivity contribution in [2.75, 3.05) is 27.3 Å². The largest absolute Gasteiger partial charge is 0.468 e. The predicted molar refractivity (Wildman–Crippen MR) is 131 cm³/mol. The Labute approximate surface area is 209 Å². The molecule has 3 rings (SSSR count). The van der Waals surface area contributed by atoms with Crippen LogP contribution in [0.4, 0.5) is 0 Å². The molecule has 1 heterocycles. The van der Waals surface area contributed by atoms with E-state index in [0.29, 0.717) is 16.3 Å². The van der Waals surface area contributed by atoms with Gasteiger partial charge in [-0.2, -0.15) is 0 Å². The summed E-state index contributed by atoms with van der Waals surface area (Å²) in [6, 6.07) is 5.73. The number of hydrogen-bond acceptors (Lipinski definition) is 9. The Kier molecular flexibility index (Phi) is 9.68. The molecule has 1 aliphatic carbocycles. The zero-order chi connectivity index (χ0) is 25.4. The van der Waals surface area contributed by atoms with E-state index < -0.39 is 11.9 Å². The summed E-state index contributed by atoms with van der Waals surface area (Å²) in [5.41, 5.74) is 3.11. The molecule has 0 N–H and O–H groups in total. The van der Waals surface area contributed by atoms with Gasteiger partial charge in [0, 0.05) is 29.8 Å². The van der Waals surface area contributed by atoms with E-state index in [2.05, 4.69) is 4.98 Å². The van der Waals surface area contributed by atoms with Crippen molar-refractivity contribution in [1.29, 1.82) is 0 Å². The Balaban J connectivity index is 1.64. The lowest BCUT2D eigenvalue weighted by Crippen LogP contribution is -2.35. The van der Waals surface area contributed by atoms with Crippen LogP contribution in [0, 0.1) is 12.8 Å². The van der Waals surface area contributed by atoms with E-state index in [4.69, 9.17) is 9.47 Å². The fraction of sp³-hybridized carbons (Fsp3) is 0.500. The van der Waals surface area contributed by atoms with Gasteiger partial charge in [-0.1, -0.05) is 30.5 Å². The topological polar surface area (TPSA) is 103 Å². The lowest BCUT2D eigenvalue weighted by Gasteiger charge is -2.18. The zero-order valence-electron chi connectivity index (χ0n) is 20.5. The van der Waals surface area contributed by atoms with E-state index in [1.165, 1.54) is 25.6 Å². The van der Waals surface area contributed by atoms with Gasteiger partial charge in [-0.15, -0.1) is 11.3 Å². The highest BCUT2D eigenvalue weighted by Gasteiger charge is 2.26. The van der Waals surface area contributed by atoms with Gasteiger partial charge in [0.25, 0.3) is 0 Å². The second-order valence-electron chi connectivity index (χ2n) is 8.93. The lowest BCUT2D eigenvalue weighted by molar-refractivity contribution is -0.145. The summed E-state index contributed by atoms with van der Waals surface area (Å²) in [6.07, 6.45) is 4.35. The van der Waals surface area contributed by atoms with Crippen LogP contribution in [-0.2, 0) is 43.2 Å². The van der Waals surface area contributed by atoms with Crippen molar-refractivity contribution in [3.8, 4) is 0 Å². The number of Topliss-reactive ketones (excluding diaryl/α,β-unsaturated/α-hetero) is 2. The summed E-state index contributed by atoms with van der Waals surface area (Å²) < 4.78 is 9.39. The number of thiazole rings is 1. The first kappa shape index (κ1) is 26.7. The number of ketones is 2. The van der Waals surface area contributed by atoms with Crippen molar-refractivity contribution in [3.63, 3.8) is 0 Å². The third kappa shape index (κ3) is 7.80. The van der Waals surface area contributed by atoms with E-state index >= 15 is 0 Å². The van der Waals surface area contributed by atoms with Crippen LogP contribution in [0.5, 0.6) is 0 Å². The molecule has 188 valence electrons. The zero-order valence-corrected chi connectivity index (χ0v) is 21.3. The summed E-state index contributed by atoms with van der Waals surface area (Å²) in [5.74, 6) is -0.746. The van der Waals surface area contributed by atoms with Crippen LogP contribution in [0.1, 0.15) is 57.9 Å². The van der Waals surface area contributed by atoms with E-state index in [9.17, 15) is 19.2 Å². The van der Waals surface area contributed by atoms with E-state index in [1.54, 1.807) is 4.90 Å². The highest BCUT2D eigenvalue weighted by molar-refractivity contribution is 7.09. The number of rotatable bonds is 12. The first-order valence-electron chi connectivity index (χ1n) is 11.7.